The molecule has 1 radical (unpaired) electrons. The van der Waals surface area contributed by atoms with Gasteiger partial charge in [0.15, 0.2) is 5.69 Å². The van der Waals surface area contributed by atoms with Gasteiger partial charge >= 0.3 is 0 Å². The first-order valence-corrected chi connectivity index (χ1v) is 9.89. The Morgan fingerprint density at radius 3 is 2.73 bits per heavy atom. The lowest BCUT2D eigenvalue weighted by Gasteiger charge is -2.19. The minimum Gasteiger partial charge on any atom is -0.390 e. The van der Waals surface area contributed by atoms with E-state index >= 15 is 0 Å². The molecule has 0 amide bonds. The van der Waals surface area contributed by atoms with Gasteiger partial charge in [-0.2, -0.15) is 5.10 Å². The van der Waals surface area contributed by atoms with Crippen LogP contribution in [0.25, 0.3) is 0 Å². The SMILES string of the molecule is [CH2][C@@H]1C[C@@H](Nc2ncncc2C(=O)c2nn(Cc3ccccc3)cc2Cl)[C@H](O)[C@@H]1O. The summed E-state index contributed by atoms with van der Waals surface area (Å²) in [6.45, 7) is 4.31. The fraction of sp³-hybridized carbons (Fsp3) is 0.286. The van der Waals surface area contributed by atoms with Gasteiger partial charge in [0.2, 0.25) is 5.78 Å². The number of nitrogens with one attached hydrogen (secondary N) is 1. The largest absolute Gasteiger partial charge is 0.390 e. The minimum absolute atomic E-state index is 0.0903. The summed E-state index contributed by atoms with van der Waals surface area (Å²) >= 11 is 6.29. The van der Waals surface area contributed by atoms with Gasteiger partial charge in [0.05, 0.1) is 29.3 Å². The fourth-order valence-corrected chi connectivity index (χ4v) is 3.82. The molecular weight excluding hydrogens is 406 g/mol. The predicted molar refractivity (Wildman–Crippen MR) is 111 cm³/mol. The maximum absolute atomic E-state index is 13.1. The Bertz CT molecular complexity index is 1040. The van der Waals surface area contributed by atoms with E-state index in [-0.39, 0.29) is 28.0 Å². The van der Waals surface area contributed by atoms with Crippen molar-refractivity contribution in [2.75, 3.05) is 5.32 Å². The van der Waals surface area contributed by atoms with E-state index in [4.69, 9.17) is 11.6 Å². The number of carbonyl (C=O) groups excluding carboxylic acids is 1. The first-order valence-electron chi connectivity index (χ1n) is 9.51. The molecule has 0 saturated heterocycles. The van der Waals surface area contributed by atoms with E-state index < -0.39 is 24.0 Å². The van der Waals surface area contributed by atoms with Crippen molar-refractivity contribution in [1.29, 1.82) is 0 Å². The Morgan fingerprint density at radius 1 is 1.27 bits per heavy atom. The minimum atomic E-state index is -1.01. The molecule has 2 heterocycles. The molecule has 2 aromatic heterocycles. The van der Waals surface area contributed by atoms with Gasteiger partial charge in [-0.3, -0.25) is 9.48 Å². The summed E-state index contributed by atoms with van der Waals surface area (Å²) in [4.78, 5) is 21.2. The van der Waals surface area contributed by atoms with Crippen LogP contribution >= 0.6 is 11.6 Å². The van der Waals surface area contributed by atoms with Gasteiger partial charge in [-0.1, -0.05) is 41.9 Å². The fourth-order valence-electron chi connectivity index (χ4n) is 3.58. The smallest absolute Gasteiger partial charge is 0.220 e. The van der Waals surface area contributed by atoms with E-state index in [0.29, 0.717) is 13.0 Å². The third kappa shape index (κ3) is 4.07. The second-order valence-corrected chi connectivity index (χ2v) is 7.76. The van der Waals surface area contributed by atoms with Crippen LogP contribution in [0.4, 0.5) is 5.82 Å². The van der Waals surface area contributed by atoms with Crippen LogP contribution in [0.5, 0.6) is 0 Å². The lowest BCUT2D eigenvalue weighted by Crippen LogP contribution is -2.35. The average Bonchev–Trinajstić information content (AvgIpc) is 3.23. The highest BCUT2D eigenvalue weighted by Gasteiger charge is 2.39. The molecule has 0 bridgehead atoms. The van der Waals surface area contributed by atoms with Crippen LogP contribution in [-0.4, -0.2) is 54.0 Å². The number of aliphatic hydroxyl groups excluding tert-OH is 2. The number of hydrogen-bond donors (Lipinski definition) is 3. The molecule has 8 nitrogen and oxygen atoms in total. The number of rotatable bonds is 6. The van der Waals surface area contributed by atoms with Gasteiger partial charge in [0.1, 0.15) is 18.2 Å². The molecule has 3 aromatic rings. The van der Waals surface area contributed by atoms with E-state index in [1.54, 1.807) is 10.9 Å². The Kier molecular flexibility index (Phi) is 5.80. The number of carbonyl (C=O) groups is 1. The number of anilines is 1. The summed E-state index contributed by atoms with van der Waals surface area (Å²) < 4.78 is 1.60. The van der Waals surface area contributed by atoms with Crippen molar-refractivity contribution in [3.63, 3.8) is 0 Å². The van der Waals surface area contributed by atoms with Crippen molar-refractivity contribution >= 4 is 23.2 Å². The third-order valence-corrected chi connectivity index (χ3v) is 5.48. The quantitative estimate of drug-likeness (QED) is 0.516. The Balaban J connectivity index is 1.57. The Morgan fingerprint density at radius 2 is 2.03 bits per heavy atom. The van der Waals surface area contributed by atoms with E-state index in [9.17, 15) is 15.0 Å². The van der Waals surface area contributed by atoms with Crippen LogP contribution in [0.3, 0.4) is 0 Å². The molecular formula is C21H21ClN5O3. The highest BCUT2D eigenvalue weighted by molar-refractivity contribution is 6.34. The molecule has 4 rings (SSSR count). The summed E-state index contributed by atoms with van der Waals surface area (Å²) in [6.07, 6.45) is 2.76. The molecule has 3 N–H and O–H groups in total. The Hall–Kier alpha value is -2.81. The van der Waals surface area contributed by atoms with E-state index in [1.165, 1.54) is 12.5 Å². The highest BCUT2D eigenvalue weighted by atomic mass is 35.5. The molecule has 9 heteroatoms. The van der Waals surface area contributed by atoms with Crippen molar-refractivity contribution in [2.45, 2.75) is 31.2 Å². The molecule has 0 unspecified atom stereocenters. The molecule has 1 saturated carbocycles. The molecule has 1 aliphatic rings. The maximum Gasteiger partial charge on any atom is 0.220 e. The molecule has 0 spiro atoms. The molecule has 155 valence electrons. The van der Waals surface area contributed by atoms with Crippen LogP contribution in [0.1, 0.15) is 28.0 Å². The van der Waals surface area contributed by atoms with E-state index in [1.807, 2.05) is 30.3 Å². The van der Waals surface area contributed by atoms with Gasteiger partial charge in [-0.15, -0.1) is 0 Å². The van der Waals surface area contributed by atoms with Gasteiger partial charge in [0.25, 0.3) is 0 Å². The van der Waals surface area contributed by atoms with Crippen LogP contribution in [0.2, 0.25) is 5.02 Å². The summed E-state index contributed by atoms with van der Waals surface area (Å²) in [5, 5.41) is 27.8. The molecule has 30 heavy (non-hydrogen) atoms. The summed E-state index contributed by atoms with van der Waals surface area (Å²) in [5.41, 5.74) is 1.30. The predicted octanol–water partition coefficient (Wildman–Crippen LogP) is 1.96. The molecule has 1 aromatic carbocycles. The van der Waals surface area contributed by atoms with E-state index in [0.717, 1.165) is 5.56 Å². The second kappa shape index (κ2) is 8.51. The maximum atomic E-state index is 13.1. The van der Waals surface area contributed by atoms with Gasteiger partial charge in [-0.05, 0) is 24.8 Å². The van der Waals surface area contributed by atoms with E-state index in [2.05, 4.69) is 27.3 Å². The average molecular weight is 427 g/mol. The van der Waals surface area contributed by atoms with Crippen LogP contribution in [-0.2, 0) is 6.54 Å². The van der Waals surface area contributed by atoms with Crippen LogP contribution < -0.4 is 5.32 Å². The highest BCUT2D eigenvalue weighted by Crippen LogP contribution is 2.29. The lowest BCUT2D eigenvalue weighted by molar-refractivity contribution is 0.0256. The first kappa shape index (κ1) is 20.5. The van der Waals surface area contributed by atoms with Crippen molar-refractivity contribution < 1.29 is 15.0 Å². The molecule has 1 fully saturated rings. The summed E-state index contributed by atoms with van der Waals surface area (Å²) in [7, 11) is 0. The normalized spacial score (nSPS) is 23.5. The third-order valence-electron chi connectivity index (χ3n) is 5.20. The zero-order chi connectivity index (χ0) is 21.3. The number of nitrogens with zero attached hydrogens (tertiary/aromatic N) is 4. The molecule has 1 aliphatic carbocycles. The number of benzene rings is 1. The summed E-state index contributed by atoms with van der Waals surface area (Å²) in [5.74, 6) is -0.509. The second-order valence-electron chi connectivity index (χ2n) is 7.35. The molecule has 0 aliphatic heterocycles. The van der Waals surface area contributed by atoms with Crippen LogP contribution in [0.15, 0.2) is 49.1 Å². The van der Waals surface area contributed by atoms with Crippen LogP contribution in [0, 0.1) is 12.8 Å². The van der Waals surface area contributed by atoms with Crippen molar-refractivity contribution in [1.82, 2.24) is 19.7 Å². The number of hydrogen-bond acceptors (Lipinski definition) is 7. The topological polar surface area (TPSA) is 113 Å². The molecule has 4 atom stereocenters. The van der Waals surface area contributed by atoms with Gasteiger partial charge in [0, 0.05) is 12.4 Å². The lowest BCUT2D eigenvalue weighted by atomic mass is 10.1. The number of aliphatic hydroxyl groups is 2. The summed E-state index contributed by atoms with van der Waals surface area (Å²) in [6, 6.07) is 9.21. The van der Waals surface area contributed by atoms with Gasteiger partial charge in [-0.25, -0.2) is 9.97 Å². The monoisotopic (exact) mass is 426 g/mol. The zero-order valence-electron chi connectivity index (χ0n) is 16.0. The van der Waals surface area contributed by atoms with Crippen molar-refractivity contribution in [2.24, 2.45) is 5.92 Å². The van der Waals surface area contributed by atoms with Crippen molar-refractivity contribution in [3.8, 4) is 0 Å². The number of halogens is 1. The number of ketones is 1. The Labute approximate surface area is 178 Å². The zero-order valence-corrected chi connectivity index (χ0v) is 16.8. The standard InChI is InChI=1S/C21H21ClN5O3/c1-12-7-16(20(30)18(12)28)25-21-14(8-23-11-24-21)19(29)17-15(22)10-27(26-17)9-13-5-3-2-4-6-13/h2-6,8,10-12,16,18,20,28,30H,1,7,9H2,(H,23,24,25)/t12-,16-,18-,20+/m1/s1. The van der Waals surface area contributed by atoms with Crippen molar-refractivity contribution in [3.05, 3.63) is 77.8 Å². The first-order chi connectivity index (χ1) is 14.4. The number of aromatic nitrogens is 4. The van der Waals surface area contributed by atoms with Gasteiger partial charge < -0.3 is 15.5 Å².